The second-order valence-electron chi connectivity index (χ2n) is 7.60. The van der Waals surface area contributed by atoms with Gasteiger partial charge in [0.1, 0.15) is 0 Å². The Hall–Kier alpha value is 0.716. The van der Waals surface area contributed by atoms with Crippen LogP contribution in [0, 0.1) is 0 Å². The Kier molecular flexibility index (Phi) is 11.7. The Morgan fingerprint density at radius 1 is 0.857 bits per heavy atom. The third-order valence-electron chi connectivity index (χ3n) is 4.46. The monoisotopic (exact) mass is 420 g/mol. The fourth-order valence-corrected chi connectivity index (χ4v) is 19.0. The van der Waals surface area contributed by atoms with E-state index in [4.69, 9.17) is 4.43 Å². The van der Waals surface area contributed by atoms with Gasteiger partial charge in [0.05, 0.1) is 0 Å². The fraction of sp³-hybridized carbons (Fsp3) is 0.889. The maximum atomic E-state index is 6.23. The summed E-state index contributed by atoms with van der Waals surface area (Å²) in [5.41, 5.74) is 0. The van der Waals surface area contributed by atoms with E-state index in [1.165, 1.54) is 51.8 Å². The summed E-state index contributed by atoms with van der Waals surface area (Å²) in [5, 5.41) is 0. The molecule has 126 valence electrons. The molecule has 1 nitrogen and oxygen atoms in total. The van der Waals surface area contributed by atoms with Crippen LogP contribution in [-0.2, 0) is 4.43 Å². The van der Waals surface area contributed by atoms with Crippen LogP contribution in [0.1, 0.15) is 59.3 Å². The molecular formula is C18H40OSiSn. The Morgan fingerprint density at radius 3 is 1.52 bits per heavy atom. The molecule has 0 radical (unpaired) electrons. The molecule has 0 aromatic carbocycles. The number of unbranched alkanes of at least 4 members (excludes halogenated alkanes) is 3. The molecule has 0 aliphatic carbocycles. The van der Waals surface area contributed by atoms with Crippen molar-refractivity contribution in [2.24, 2.45) is 0 Å². The minimum atomic E-state index is -2.23. The number of hydrogen-bond acceptors (Lipinski definition) is 1. The first-order valence-electron chi connectivity index (χ1n) is 9.13. The van der Waals surface area contributed by atoms with Gasteiger partial charge < -0.3 is 0 Å². The molecule has 0 unspecified atom stereocenters. The van der Waals surface area contributed by atoms with Gasteiger partial charge in [-0.05, 0) is 0 Å². The molecular weight excluding hydrogens is 379 g/mol. The Labute approximate surface area is 139 Å². The molecule has 0 saturated carbocycles. The van der Waals surface area contributed by atoms with Crippen molar-refractivity contribution in [3.63, 3.8) is 0 Å². The summed E-state index contributed by atoms with van der Waals surface area (Å²) in [5.74, 6) is 0. The van der Waals surface area contributed by atoms with E-state index < -0.39 is 26.7 Å². The van der Waals surface area contributed by atoms with Crippen LogP contribution >= 0.6 is 0 Å². The molecule has 3 heteroatoms. The predicted octanol–water partition coefficient (Wildman–Crippen LogP) is 6.78. The van der Waals surface area contributed by atoms with Crippen molar-refractivity contribution in [3.8, 4) is 0 Å². The molecule has 0 bridgehead atoms. The summed E-state index contributed by atoms with van der Waals surface area (Å²) in [6, 6.07) is 0. The van der Waals surface area contributed by atoms with Crippen LogP contribution in [0.25, 0.3) is 0 Å². The maximum absolute atomic E-state index is 6.23. The van der Waals surface area contributed by atoms with Crippen LogP contribution in [-0.4, -0.2) is 33.3 Å². The molecule has 0 atom stereocenters. The molecule has 0 aromatic heterocycles. The molecule has 0 amide bonds. The van der Waals surface area contributed by atoms with Crippen LogP contribution in [0.4, 0.5) is 0 Å². The van der Waals surface area contributed by atoms with Crippen molar-refractivity contribution >= 4 is 26.7 Å². The average Bonchev–Trinajstić information content (AvgIpc) is 2.43. The van der Waals surface area contributed by atoms with E-state index >= 15 is 0 Å². The molecule has 0 rings (SSSR count). The van der Waals surface area contributed by atoms with E-state index in [9.17, 15) is 0 Å². The zero-order valence-corrected chi connectivity index (χ0v) is 19.5. The SMILES string of the molecule is C=[C](CO[Si](C)(C)C)[Sn]([CH2]CCC)([CH2]CCC)[CH2]CCC. The second-order valence-corrected chi connectivity index (χ2v) is 25.7. The molecule has 0 spiro atoms. The van der Waals surface area contributed by atoms with Gasteiger partial charge in [0.15, 0.2) is 0 Å². The molecule has 0 heterocycles. The van der Waals surface area contributed by atoms with Crippen LogP contribution in [0.2, 0.25) is 33.0 Å². The molecule has 0 aliphatic heterocycles. The Balaban J connectivity index is 4.95. The van der Waals surface area contributed by atoms with E-state index in [2.05, 4.69) is 47.0 Å². The van der Waals surface area contributed by atoms with Gasteiger partial charge in [-0.25, -0.2) is 0 Å². The van der Waals surface area contributed by atoms with Gasteiger partial charge in [-0.2, -0.15) is 0 Å². The molecule has 21 heavy (non-hydrogen) atoms. The minimum absolute atomic E-state index is 0.878. The molecule has 0 fully saturated rings. The Bertz CT molecular complexity index is 262. The number of hydrogen-bond donors (Lipinski definition) is 0. The van der Waals surface area contributed by atoms with Crippen LogP contribution < -0.4 is 0 Å². The van der Waals surface area contributed by atoms with Crippen molar-refractivity contribution in [1.82, 2.24) is 0 Å². The van der Waals surface area contributed by atoms with Gasteiger partial charge in [-0.1, -0.05) is 0 Å². The summed E-state index contributed by atoms with van der Waals surface area (Å²) < 4.78 is 12.4. The first-order valence-corrected chi connectivity index (χ1v) is 20.0. The van der Waals surface area contributed by atoms with E-state index in [1.807, 2.05) is 0 Å². The molecule has 0 aromatic rings. The zero-order valence-electron chi connectivity index (χ0n) is 15.7. The van der Waals surface area contributed by atoms with E-state index in [1.54, 1.807) is 3.59 Å². The van der Waals surface area contributed by atoms with E-state index in [-0.39, 0.29) is 0 Å². The van der Waals surface area contributed by atoms with Crippen molar-refractivity contribution in [3.05, 3.63) is 10.2 Å². The van der Waals surface area contributed by atoms with Gasteiger partial charge in [0.25, 0.3) is 0 Å². The van der Waals surface area contributed by atoms with Gasteiger partial charge in [-0.15, -0.1) is 0 Å². The number of rotatable bonds is 13. The zero-order chi connectivity index (χ0) is 16.4. The van der Waals surface area contributed by atoms with Gasteiger partial charge in [0, 0.05) is 0 Å². The van der Waals surface area contributed by atoms with Gasteiger partial charge in [-0.3, -0.25) is 0 Å². The predicted molar refractivity (Wildman–Crippen MR) is 103 cm³/mol. The van der Waals surface area contributed by atoms with Gasteiger partial charge in [0.2, 0.25) is 0 Å². The summed E-state index contributed by atoms with van der Waals surface area (Å²) in [6.07, 6.45) is 8.23. The average molecular weight is 419 g/mol. The third kappa shape index (κ3) is 9.45. The van der Waals surface area contributed by atoms with Crippen molar-refractivity contribution in [2.45, 2.75) is 92.2 Å². The summed E-state index contributed by atoms with van der Waals surface area (Å²) in [7, 11) is -1.42. The van der Waals surface area contributed by atoms with Crippen LogP contribution in [0.3, 0.4) is 0 Å². The van der Waals surface area contributed by atoms with Crippen LogP contribution in [0.5, 0.6) is 0 Å². The van der Waals surface area contributed by atoms with Crippen molar-refractivity contribution in [2.75, 3.05) is 6.61 Å². The molecule has 0 aliphatic rings. The standard InChI is InChI=1S/C6H13OSi.3C4H9.Sn/c1-5-6-7-8(2,3)4;3*1-3-4-2;/h1,6H2,2-4H3;3*1,3-4H2,2H3;. The van der Waals surface area contributed by atoms with E-state index in [0.717, 1.165) is 6.61 Å². The summed E-state index contributed by atoms with van der Waals surface area (Å²) >= 11 is -2.23. The van der Waals surface area contributed by atoms with Crippen molar-refractivity contribution < 1.29 is 4.43 Å². The second kappa shape index (κ2) is 11.3. The third-order valence-corrected chi connectivity index (χ3v) is 21.4. The molecule has 0 N–H and O–H groups in total. The quantitative estimate of drug-likeness (QED) is 0.299. The summed E-state index contributed by atoms with van der Waals surface area (Å²) in [6.45, 7) is 19.3. The first kappa shape index (κ1) is 21.7. The Morgan fingerprint density at radius 2 is 1.24 bits per heavy atom. The molecule has 0 saturated heterocycles. The normalized spacial score (nSPS) is 12.7. The topological polar surface area (TPSA) is 9.23 Å². The first-order chi connectivity index (χ1) is 9.81. The van der Waals surface area contributed by atoms with Crippen LogP contribution in [0.15, 0.2) is 10.2 Å². The van der Waals surface area contributed by atoms with Gasteiger partial charge >= 0.3 is 140 Å². The van der Waals surface area contributed by atoms with E-state index in [0.29, 0.717) is 0 Å². The summed E-state index contributed by atoms with van der Waals surface area (Å²) in [4.78, 5) is 0. The van der Waals surface area contributed by atoms with Crippen molar-refractivity contribution in [1.29, 1.82) is 0 Å². The fourth-order valence-electron chi connectivity index (χ4n) is 2.91.